The fraction of sp³-hybridized carbons (Fsp3) is 0.278. The lowest BCUT2D eigenvalue weighted by atomic mass is 10.1. The second-order valence-electron chi connectivity index (χ2n) is 6.40. The lowest BCUT2D eigenvalue weighted by Gasteiger charge is -2.17. The number of benzene rings is 2. The van der Waals surface area contributed by atoms with E-state index in [4.69, 9.17) is 26.2 Å². The van der Waals surface area contributed by atoms with Crippen LogP contribution in [0.15, 0.2) is 30.3 Å². The molecule has 0 saturated heterocycles. The van der Waals surface area contributed by atoms with E-state index in [9.17, 15) is 26.7 Å². The van der Waals surface area contributed by atoms with Crippen LogP contribution in [0.2, 0.25) is 5.02 Å². The van der Waals surface area contributed by atoms with Crippen LogP contribution in [-0.4, -0.2) is 23.8 Å². The van der Waals surface area contributed by atoms with Crippen molar-refractivity contribution in [1.29, 1.82) is 0 Å². The molecule has 4 rings (SSSR count). The Balaban J connectivity index is 1.63. The predicted molar refractivity (Wildman–Crippen MR) is 87.9 cm³/mol. The van der Waals surface area contributed by atoms with Gasteiger partial charge in [-0.15, -0.1) is 0 Å². The zero-order chi connectivity index (χ0) is 21.1. The van der Waals surface area contributed by atoms with Crippen molar-refractivity contribution < 1.29 is 46.1 Å². The van der Waals surface area contributed by atoms with Crippen LogP contribution in [0.5, 0.6) is 23.0 Å². The molecule has 0 radical (unpaired) electrons. The van der Waals surface area contributed by atoms with Crippen molar-refractivity contribution in [2.24, 2.45) is 5.92 Å². The molecule has 1 heterocycles. The minimum absolute atomic E-state index is 0.0619. The summed E-state index contributed by atoms with van der Waals surface area (Å²) in [4.78, 5) is 11.1. The molecule has 2 aliphatic rings. The van der Waals surface area contributed by atoms with Gasteiger partial charge in [-0.2, -0.15) is 22.0 Å². The molecule has 0 bridgehead atoms. The molecular formula is C18H10ClF5O5. The smallest absolute Gasteiger partial charge is 0.417 e. The normalized spacial score (nSPS) is 22.0. The Morgan fingerprint density at radius 2 is 1.93 bits per heavy atom. The topological polar surface area (TPSA) is 65.0 Å². The Morgan fingerprint density at radius 3 is 2.55 bits per heavy atom. The lowest BCUT2D eigenvalue weighted by Crippen LogP contribution is -2.10. The zero-order valence-electron chi connectivity index (χ0n) is 14.0. The van der Waals surface area contributed by atoms with Crippen LogP contribution < -0.4 is 14.2 Å². The first kappa shape index (κ1) is 19.6. The quantitative estimate of drug-likeness (QED) is 0.643. The summed E-state index contributed by atoms with van der Waals surface area (Å²) in [6.07, 6.45) is -5.37. The number of halogens is 6. The Labute approximate surface area is 164 Å². The first-order valence-corrected chi connectivity index (χ1v) is 8.51. The number of hydrogen-bond acceptors (Lipinski definition) is 4. The molecule has 2 aromatic rings. The van der Waals surface area contributed by atoms with Crippen LogP contribution in [-0.2, 0) is 11.0 Å². The molecule has 0 amide bonds. The summed E-state index contributed by atoms with van der Waals surface area (Å²) in [5.41, 5.74) is -0.691. The molecule has 1 saturated carbocycles. The second-order valence-corrected chi connectivity index (χ2v) is 6.78. The number of rotatable bonds is 5. The summed E-state index contributed by atoms with van der Waals surface area (Å²) in [7, 11) is 0. The van der Waals surface area contributed by atoms with Gasteiger partial charge in [-0.3, -0.25) is 4.79 Å². The number of hydrogen-bond donors (Lipinski definition) is 1. The van der Waals surface area contributed by atoms with Crippen LogP contribution in [0.4, 0.5) is 22.0 Å². The highest BCUT2D eigenvalue weighted by atomic mass is 35.5. The van der Waals surface area contributed by atoms with E-state index in [1.165, 1.54) is 12.1 Å². The standard InChI is InChI=1S/C18H10ClF5O5/c19-13-8(18(22,23)24)3-4-9(14(13)29-17(20)21)27-6-1-2-7-10(5-6)28-15-11(7)12(15)16(25)26/h1-5,11-12,15,17H,(H,25,26)/t11?,12?,15-/m1/s1. The number of fused-ring (bicyclic) bond motifs is 3. The van der Waals surface area contributed by atoms with Gasteiger partial charge in [0.15, 0.2) is 11.5 Å². The highest BCUT2D eigenvalue weighted by molar-refractivity contribution is 6.33. The van der Waals surface area contributed by atoms with Crippen LogP contribution in [0.25, 0.3) is 0 Å². The summed E-state index contributed by atoms with van der Waals surface area (Å²) >= 11 is 5.63. The maximum absolute atomic E-state index is 13.0. The number of carboxylic acid groups (broad SMARTS) is 1. The maximum Gasteiger partial charge on any atom is 0.417 e. The van der Waals surface area contributed by atoms with Gasteiger partial charge in [0.25, 0.3) is 0 Å². The number of carboxylic acids is 1. The zero-order valence-corrected chi connectivity index (χ0v) is 14.8. The van der Waals surface area contributed by atoms with Gasteiger partial charge in [-0.05, 0) is 18.2 Å². The van der Waals surface area contributed by atoms with E-state index in [2.05, 4.69) is 4.74 Å². The highest BCUT2D eigenvalue weighted by Gasteiger charge is 2.63. The molecule has 29 heavy (non-hydrogen) atoms. The molecule has 1 fully saturated rings. The summed E-state index contributed by atoms with van der Waals surface area (Å²) in [5.74, 6) is -2.87. The molecule has 2 unspecified atom stereocenters. The predicted octanol–water partition coefficient (Wildman–Crippen LogP) is 5.31. The molecule has 1 aliphatic heterocycles. The molecule has 5 nitrogen and oxygen atoms in total. The third-order valence-corrected chi connectivity index (χ3v) is 5.02. The first-order valence-electron chi connectivity index (χ1n) is 8.13. The van der Waals surface area contributed by atoms with Gasteiger partial charge in [0.05, 0.1) is 10.6 Å². The maximum atomic E-state index is 13.0. The molecule has 2 aromatic carbocycles. The second kappa shape index (κ2) is 6.65. The van der Waals surface area contributed by atoms with E-state index in [0.29, 0.717) is 17.4 Å². The molecular weight excluding hydrogens is 427 g/mol. The van der Waals surface area contributed by atoms with Crippen LogP contribution in [0, 0.1) is 5.92 Å². The van der Waals surface area contributed by atoms with E-state index < -0.39 is 52.9 Å². The van der Waals surface area contributed by atoms with E-state index in [0.717, 1.165) is 6.07 Å². The Kier molecular flexibility index (Phi) is 4.49. The van der Waals surface area contributed by atoms with E-state index in [1.807, 2.05) is 0 Å². The lowest BCUT2D eigenvalue weighted by molar-refractivity contribution is -0.139. The SMILES string of the molecule is O=C(O)C1C2c3ccc(Oc4ccc(C(F)(F)F)c(Cl)c4OC(F)F)cc3O[C@@H]12. The van der Waals surface area contributed by atoms with Crippen molar-refractivity contribution >= 4 is 17.6 Å². The van der Waals surface area contributed by atoms with Gasteiger partial charge in [0.2, 0.25) is 0 Å². The van der Waals surface area contributed by atoms with Crippen molar-refractivity contribution in [3.8, 4) is 23.0 Å². The number of alkyl halides is 5. The van der Waals surface area contributed by atoms with Crippen molar-refractivity contribution in [2.75, 3.05) is 0 Å². The molecule has 1 aliphatic carbocycles. The van der Waals surface area contributed by atoms with Crippen LogP contribution in [0.1, 0.15) is 17.0 Å². The number of aliphatic carboxylic acids is 1. The minimum atomic E-state index is -4.88. The Morgan fingerprint density at radius 1 is 1.21 bits per heavy atom. The molecule has 0 spiro atoms. The molecule has 154 valence electrons. The van der Waals surface area contributed by atoms with Crippen molar-refractivity contribution in [3.05, 3.63) is 46.5 Å². The summed E-state index contributed by atoms with van der Waals surface area (Å²) < 4.78 is 79.4. The number of ether oxygens (including phenoxy) is 3. The van der Waals surface area contributed by atoms with Crippen molar-refractivity contribution in [2.45, 2.75) is 24.8 Å². The average Bonchev–Trinajstić information content (AvgIpc) is 3.20. The minimum Gasteiger partial charge on any atom is -0.488 e. The Bertz CT molecular complexity index is 993. The largest absolute Gasteiger partial charge is 0.488 e. The average molecular weight is 437 g/mol. The molecule has 0 aromatic heterocycles. The third kappa shape index (κ3) is 3.41. The highest BCUT2D eigenvalue weighted by Crippen LogP contribution is 2.59. The van der Waals surface area contributed by atoms with Crippen molar-refractivity contribution in [3.63, 3.8) is 0 Å². The van der Waals surface area contributed by atoms with E-state index in [1.54, 1.807) is 6.07 Å². The summed E-state index contributed by atoms with van der Waals surface area (Å²) in [5, 5.41) is 8.01. The molecule has 3 atom stereocenters. The van der Waals surface area contributed by atoms with E-state index >= 15 is 0 Å². The van der Waals surface area contributed by atoms with Crippen LogP contribution in [0.3, 0.4) is 0 Å². The number of carbonyl (C=O) groups is 1. The summed E-state index contributed by atoms with van der Waals surface area (Å²) in [6.45, 7) is -3.43. The Hall–Kier alpha value is -2.75. The van der Waals surface area contributed by atoms with Gasteiger partial charge in [-0.25, -0.2) is 0 Å². The van der Waals surface area contributed by atoms with Gasteiger partial charge in [0, 0.05) is 17.5 Å². The molecule has 11 heteroatoms. The van der Waals surface area contributed by atoms with Crippen molar-refractivity contribution in [1.82, 2.24) is 0 Å². The van der Waals surface area contributed by atoms with Gasteiger partial charge in [0.1, 0.15) is 23.5 Å². The van der Waals surface area contributed by atoms with Gasteiger partial charge < -0.3 is 19.3 Å². The van der Waals surface area contributed by atoms with Gasteiger partial charge >= 0.3 is 18.8 Å². The monoisotopic (exact) mass is 436 g/mol. The third-order valence-electron chi connectivity index (χ3n) is 4.65. The van der Waals surface area contributed by atoms with Gasteiger partial charge in [-0.1, -0.05) is 17.7 Å². The van der Waals surface area contributed by atoms with E-state index in [-0.39, 0.29) is 11.7 Å². The molecule has 1 N–H and O–H groups in total. The first-order chi connectivity index (χ1) is 13.6. The summed E-state index contributed by atoms with van der Waals surface area (Å²) in [6, 6.07) is 5.76. The fourth-order valence-corrected chi connectivity index (χ4v) is 3.67. The fourth-order valence-electron chi connectivity index (χ4n) is 3.36. The van der Waals surface area contributed by atoms with Crippen LogP contribution >= 0.6 is 11.6 Å².